The molecule has 116 valence electrons. The molecule has 1 rings (SSSR count). The molecule has 0 aromatic rings. The third-order valence-corrected chi connectivity index (χ3v) is 4.39. The lowest BCUT2D eigenvalue weighted by molar-refractivity contribution is -0.139. The second kappa shape index (κ2) is 6.92. The Bertz CT molecular complexity index is 462. The van der Waals surface area contributed by atoms with Gasteiger partial charge in [0.25, 0.3) is 0 Å². The Kier molecular flexibility index (Phi) is 5.79. The highest BCUT2D eigenvalue weighted by molar-refractivity contribution is 7.90. The molecule has 0 heterocycles. The maximum absolute atomic E-state index is 11.7. The number of carboxylic acids is 1. The number of nitrogens with one attached hydrogen (secondary N) is 2. The summed E-state index contributed by atoms with van der Waals surface area (Å²) in [7, 11) is -3.25. The molecule has 3 atom stereocenters. The second-order valence-corrected chi connectivity index (χ2v) is 7.80. The van der Waals surface area contributed by atoms with Gasteiger partial charge in [-0.25, -0.2) is 18.0 Å². The fourth-order valence-electron chi connectivity index (χ4n) is 2.31. The highest BCUT2D eigenvalue weighted by Gasteiger charge is 2.25. The summed E-state index contributed by atoms with van der Waals surface area (Å²) >= 11 is 0. The number of aliphatic carboxylic acids is 1. The number of carbonyl (C=O) groups is 2. The van der Waals surface area contributed by atoms with Crippen LogP contribution in [0.1, 0.15) is 32.6 Å². The van der Waals surface area contributed by atoms with Crippen LogP contribution >= 0.6 is 0 Å². The smallest absolute Gasteiger partial charge is 0.326 e. The Balaban J connectivity index is 2.44. The largest absolute Gasteiger partial charge is 0.480 e. The van der Waals surface area contributed by atoms with E-state index in [1.807, 2.05) is 0 Å². The molecule has 3 N–H and O–H groups in total. The van der Waals surface area contributed by atoms with Gasteiger partial charge in [0.2, 0.25) is 0 Å². The second-order valence-electron chi connectivity index (χ2n) is 5.54. The van der Waals surface area contributed by atoms with Gasteiger partial charge in [-0.15, -0.1) is 0 Å². The van der Waals surface area contributed by atoms with Gasteiger partial charge in [0.1, 0.15) is 15.9 Å². The van der Waals surface area contributed by atoms with Crippen LogP contribution in [0.4, 0.5) is 4.79 Å². The molecule has 1 aliphatic rings. The topological polar surface area (TPSA) is 113 Å². The summed E-state index contributed by atoms with van der Waals surface area (Å²) < 4.78 is 22.1. The average Bonchev–Trinajstić information content (AvgIpc) is 2.68. The number of carbonyl (C=O) groups excluding carboxylic acids is 1. The Hall–Kier alpha value is -1.31. The summed E-state index contributed by atoms with van der Waals surface area (Å²) in [5, 5.41) is 14.0. The van der Waals surface area contributed by atoms with Crippen molar-refractivity contribution in [1.82, 2.24) is 10.6 Å². The van der Waals surface area contributed by atoms with Crippen molar-refractivity contribution in [2.45, 2.75) is 44.7 Å². The fourth-order valence-corrected chi connectivity index (χ4v) is 2.98. The minimum atomic E-state index is -3.25. The van der Waals surface area contributed by atoms with Gasteiger partial charge < -0.3 is 15.7 Å². The number of hydrogen-bond donors (Lipinski definition) is 3. The molecular weight excluding hydrogens is 284 g/mol. The molecule has 0 aromatic carbocycles. The predicted molar refractivity (Wildman–Crippen MR) is 74.2 cm³/mol. The Morgan fingerprint density at radius 3 is 2.45 bits per heavy atom. The van der Waals surface area contributed by atoms with Gasteiger partial charge in [0, 0.05) is 12.3 Å². The van der Waals surface area contributed by atoms with Crippen LogP contribution in [-0.2, 0) is 14.6 Å². The molecule has 2 amide bonds. The normalized spacial score (nSPS) is 24.1. The van der Waals surface area contributed by atoms with Crippen LogP contribution in [0, 0.1) is 5.92 Å². The van der Waals surface area contributed by atoms with Gasteiger partial charge in [-0.2, -0.15) is 0 Å². The third-order valence-electron chi connectivity index (χ3n) is 3.41. The van der Waals surface area contributed by atoms with Crippen molar-refractivity contribution < 1.29 is 23.1 Å². The molecule has 0 aliphatic heterocycles. The molecule has 0 aromatic heterocycles. The van der Waals surface area contributed by atoms with Crippen LogP contribution in [0.5, 0.6) is 0 Å². The standard InChI is InChI=1S/C12H22N2O5S/c1-8-3-4-9(7-8)13-12(17)14-10(11(15)16)5-6-20(2,18)19/h8-10H,3-7H2,1-2H3,(H,15,16)(H2,13,14,17). The van der Waals surface area contributed by atoms with E-state index in [1.54, 1.807) is 0 Å². The van der Waals surface area contributed by atoms with E-state index in [1.165, 1.54) is 0 Å². The SMILES string of the molecule is CC1CCC(NC(=O)NC(CCS(C)(=O)=O)C(=O)O)C1. The van der Waals surface area contributed by atoms with E-state index in [9.17, 15) is 18.0 Å². The molecular formula is C12H22N2O5S. The first kappa shape index (κ1) is 16.7. The van der Waals surface area contributed by atoms with E-state index >= 15 is 0 Å². The summed E-state index contributed by atoms with van der Waals surface area (Å²) in [5.74, 6) is -0.950. The average molecular weight is 306 g/mol. The number of sulfone groups is 1. The third kappa shape index (κ3) is 6.23. The molecule has 0 bridgehead atoms. The highest BCUT2D eigenvalue weighted by Crippen LogP contribution is 2.24. The van der Waals surface area contributed by atoms with Crippen molar-refractivity contribution in [3.63, 3.8) is 0 Å². The summed E-state index contributed by atoms with van der Waals surface area (Å²) in [6.07, 6.45) is 3.71. The Morgan fingerprint density at radius 2 is 2.00 bits per heavy atom. The first-order valence-corrected chi connectivity index (χ1v) is 8.71. The molecule has 1 fully saturated rings. The molecule has 0 radical (unpaired) electrons. The van der Waals surface area contributed by atoms with Crippen LogP contribution in [0.15, 0.2) is 0 Å². The summed E-state index contributed by atoms with van der Waals surface area (Å²) in [6.45, 7) is 2.10. The zero-order chi connectivity index (χ0) is 15.3. The number of hydrogen-bond acceptors (Lipinski definition) is 4. The molecule has 1 saturated carbocycles. The van der Waals surface area contributed by atoms with Gasteiger partial charge in [-0.3, -0.25) is 0 Å². The number of carboxylic acid groups (broad SMARTS) is 1. The Labute approximate surface area is 119 Å². The summed E-state index contributed by atoms with van der Waals surface area (Å²) in [5.41, 5.74) is 0. The molecule has 7 nitrogen and oxygen atoms in total. The Morgan fingerprint density at radius 1 is 1.35 bits per heavy atom. The first-order chi connectivity index (χ1) is 9.17. The lowest BCUT2D eigenvalue weighted by Crippen LogP contribution is -2.49. The minimum absolute atomic E-state index is 0.0642. The summed E-state index contributed by atoms with van der Waals surface area (Å²) in [6, 6.07) is -1.68. The van der Waals surface area contributed by atoms with Crippen molar-refractivity contribution >= 4 is 21.8 Å². The van der Waals surface area contributed by atoms with E-state index in [4.69, 9.17) is 5.11 Å². The lowest BCUT2D eigenvalue weighted by Gasteiger charge is -2.17. The van der Waals surface area contributed by atoms with Gasteiger partial charge in [0.15, 0.2) is 0 Å². The maximum Gasteiger partial charge on any atom is 0.326 e. The quantitative estimate of drug-likeness (QED) is 0.656. The minimum Gasteiger partial charge on any atom is -0.480 e. The maximum atomic E-state index is 11.7. The van der Waals surface area contributed by atoms with Crippen molar-refractivity contribution in [2.24, 2.45) is 5.92 Å². The van der Waals surface area contributed by atoms with E-state index in [-0.39, 0.29) is 18.2 Å². The first-order valence-electron chi connectivity index (χ1n) is 6.65. The van der Waals surface area contributed by atoms with Crippen LogP contribution < -0.4 is 10.6 Å². The van der Waals surface area contributed by atoms with Crippen molar-refractivity contribution in [3.05, 3.63) is 0 Å². The number of amides is 2. The fraction of sp³-hybridized carbons (Fsp3) is 0.833. The monoisotopic (exact) mass is 306 g/mol. The van der Waals surface area contributed by atoms with E-state index in [0.29, 0.717) is 5.92 Å². The predicted octanol–water partition coefficient (Wildman–Crippen LogP) is 0.362. The molecule has 0 spiro atoms. The van der Waals surface area contributed by atoms with Crippen LogP contribution in [-0.4, -0.2) is 49.6 Å². The van der Waals surface area contributed by atoms with Crippen molar-refractivity contribution in [3.8, 4) is 0 Å². The zero-order valence-corrected chi connectivity index (χ0v) is 12.6. The molecule has 8 heteroatoms. The zero-order valence-electron chi connectivity index (χ0n) is 11.8. The molecule has 1 aliphatic carbocycles. The number of rotatable bonds is 6. The van der Waals surface area contributed by atoms with E-state index < -0.39 is 27.9 Å². The van der Waals surface area contributed by atoms with Gasteiger partial charge in [0.05, 0.1) is 5.75 Å². The van der Waals surface area contributed by atoms with Crippen LogP contribution in [0.25, 0.3) is 0 Å². The molecule has 0 saturated heterocycles. The summed E-state index contributed by atoms with van der Waals surface area (Å²) in [4.78, 5) is 22.7. The van der Waals surface area contributed by atoms with E-state index in [0.717, 1.165) is 25.5 Å². The lowest BCUT2D eigenvalue weighted by atomic mass is 10.1. The van der Waals surface area contributed by atoms with E-state index in [2.05, 4.69) is 17.6 Å². The molecule has 3 unspecified atom stereocenters. The van der Waals surface area contributed by atoms with Crippen molar-refractivity contribution in [2.75, 3.05) is 12.0 Å². The van der Waals surface area contributed by atoms with Crippen LogP contribution in [0.3, 0.4) is 0 Å². The number of urea groups is 1. The van der Waals surface area contributed by atoms with Crippen molar-refractivity contribution in [1.29, 1.82) is 0 Å². The van der Waals surface area contributed by atoms with Gasteiger partial charge >= 0.3 is 12.0 Å². The van der Waals surface area contributed by atoms with Gasteiger partial charge in [-0.1, -0.05) is 6.92 Å². The molecule has 20 heavy (non-hydrogen) atoms. The highest BCUT2D eigenvalue weighted by atomic mass is 32.2. The van der Waals surface area contributed by atoms with Gasteiger partial charge in [-0.05, 0) is 31.6 Å². The van der Waals surface area contributed by atoms with Crippen LogP contribution in [0.2, 0.25) is 0 Å².